The van der Waals surface area contributed by atoms with E-state index in [0.29, 0.717) is 37.3 Å². The fourth-order valence-corrected chi connectivity index (χ4v) is 6.26. The second-order valence-corrected chi connectivity index (χ2v) is 10.3. The highest BCUT2D eigenvalue weighted by Gasteiger charge is 2.38. The number of hydrogen-bond acceptors (Lipinski definition) is 6. The molecule has 1 atom stereocenters. The molecule has 1 amide bonds. The van der Waals surface area contributed by atoms with Gasteiger partial charge in [0.25, 0.3) is 0 Å². The van der Waals surface area contributed by atoms with E-state index in [1.807, 2.05) is 24.3 Å². The number of amides is 1. The number of ether oxygens (including phenoxy) is 2. The van der Waals surface area contributed by atoms with E-state index in [4.69, 9.17) is 9.47 Å². The zero-order chi connectivity index (χ0) is 25.0. The normalized spacial score (nSPS) is 16.8. The van der Waals surface area contributed by atoms with Crippen molar-refractivity contribution in [1.82, 2.24) is 14.2 Å². The molecule has 0 saturated carbocycles. The Kier molecular flexibility index (Phi) is 8.04. The van der Waals surface area contributed by atoms with Gasteiger partial charge in [-0.2, -0.15) is 4.31 Å². The standard InChI is InChI=1S/C24H33N3O6S/c1-6-33-24(29)21-16(2)26(4)17(3)22(21)34(30,31)27-13-7-8-19(15-27)23(28)25-14-18-9-11-20(32-5)12-10-18/h9-12,19H,6-8,13-15H2,1-5H3,(H,25,28)/t19-/m1/s1. The quantitative estimate of drug-likeness (QED) is 0.569. The third-order valence-corrected chi connectivity index (χ3v) is 8.41. The van der Waals surface area contributed by atoms with Gasteiger partial charge in [-0.1, -0.05) is 12.1 Å². The van der Waals surface area contributed by atoms with Crippen molar-refractivity contribution in [3.05, 3.63) is 46.8 Å². The molecule has 186 valence electrons. The number of esters is 1. The second-order valence-electron chi connectivity index (χ2n) is 8.42. The predicted octanol–water partition coefficient (Wildman–Crippen LogP) is 2.54. The van der Waals surface area contributed by atoms with Crippen LogP contribution in [0.4, 0.5) is 0 Å². The minimum Gasteiger partial charge on any atom is -0.497 e. The van der Waals surface area contributed by atoms with Crippen molar-refractivity contribution in [2.24, 2.45) is 13.0 Å². The van der Waals surface area contributed by atoms with E-state index < -0.39 is 21.9 Å². The summed E-state index contributed by atoms with van der Waals surface area (Å²) in [4.78, 5) is 25.4. The highest BCUT2D eigenvalue weighted by Crippen LogP contribution is 2.32. The molecule has 0 bridgehead atoms. The SMILES string of the molecule is CCOC(=O)c1c(S(=O)(=O)N2CCC[C@@H](C(=O)NCc3ccc(OC)cc3)C2)c(C)n(C)c1C. The molecule has 3 rings (SSSR count). The van der Waals surface area contributed by atoms with Gasteiger partial charge < -0.3 is 19.4 Å². The van der Waals surface area contributed by atoms with Crippen molar-refractivity contribution in [2.45, 2.75) is 45.1 Å². The average Bonchev–Trinajstić information content (AvgIpc) is 3.07. The Morgan fingerprint density at radius 2 is 1.82 bits per heavy atom. The van der Waals surface area contributed by atoms with Crippen LogP contribution in [0.3, 0.4) is 0 Å². The lowest BCUT2D eigenvalue weighted by Gasteiger charge is -2.31. The van der Waals surface area contributed by atoms with E-state index in [9.17, 15) is 18.0 Å². The summed E-state index contributed by atoms with van der Waals surface area (Å²) in [5.41, 5.74) is 1.98. The van der Waals surface area contributed by atoms with E-state index in [-0.39, 0.29) is 29.5 Å². The molecule has 10 heteroatoms. The minimum absolute atomic E-state index is 0.0368. The summed E-state index contributed by atoms with van der Waals surface area (Å²) in [5.74, 6) is -0.592. The summed E-state index contributed by atoms with van der Waals surface area (Å²) in [5, 5.41) is 2.91. The number of carbonyl (C=O) groups is 2. The second kappa shape index (κ2) is 10.6. The number of nitrogens with one attached hydrogen (secondary N) is 1. The molecule has 1 fully saturated rings. The number of carbonyl (C=O) groups excluding carboxylic acids is 2. The Morgan fingerprint density at radius 1 is 1.15 bits per heavy atom. The first-order chi connectivity index (χ1) is 16.1. The number of benzene rings is 1. The molecule has 1 aliphatic heterocycles. The van der Waals surface area contributed by atoms with Crippen molar-refractivity contribution < 1.29 is 27.5 Å². The van der Waals surface area contributed by atoms with Gasteiger partial charge in [0.1, 0.15) is 16.2 Å². The molecule has 1 aromatic carbocycles. The van der Waals surface area contributed by atoms with E-state index in [2.05, 4.69) is 5.32 Å². The smallest absolute Gasteiger partial charge is 0.341 e. The molecule has 1 aromatic heterocycles. The maximum Gasteiger partial charge on any atom is 0.341 e. The number of nitrogens with zero attached hydrogens (tertiary/aromatic N) is 2. The van der Waals surface area contributed by atoms with Crippen LogP contribution >= 0.6 is 0 Å². The lowest BCUT2D eigenvalue weighted by Crippen LogP contribution is -2.45. The summed E-state index contributed by atoms with van der Waals surface area (Å²) in [6.07, 6.45) is 1.15. The van der Waals surface area contributed by atoms with Gasteiger partial charge >= 0.3 is 5.97 Å². The van der Waals surface area contributed by atoms with Crippen LogP contribution in [0.2, 0.25) is 0 Å². The van der Waals surface area contributed by atoms with Crippen molar-refractivity contribution in [3.63, 3.8) is 0 Å². The molecule has 34 heavy (non-hydrogen) atoms. The highest BCUT2D eigenvalue weighted by atomic mass is 32.2. The first-order valence-corrected chi connectivity index (χ1v) is 12.8. The molecule has 2 aromatic rings. The first kappa shape index (κ1) is 25.8. The molecule has 0 spiro atoms. The zero-order valence-corrected chi connectivity index (χ0v) is 21.2. The summed E-state index contributed by atoms with van der Waals surface area (Å²) in [6.45, 7) is 5.89. The Labute approximate surface area is 201 Å². The summed E-state index contributed by atoms with van der Waals surface area (Å²) in [6, 6.07) is 7.38. The molecular formula is C24H33N3O6S. The largest absolute Gasteiger partial charge is 0.497 e. The highest BCUT2D eigenvalue weighted by molar-refractivity contribution is 7.89. The molecule has 0 unspecified atom stereocenters. The molecule has 1 N–H and O–H groups in total. The number of aromatic nitrogens is 1. The summed E-state index contributed by atoms with van der Waals surface area (Å²) >= 11 is 0. The Morgan fingerprint density at radius 3 is 2.44 bits per heavy atom. The lowest BCUT2D eigenvalue weighted by molar-refractivity contribution is -0.126. The van der Waals surface area contributed by atoms with E-state index in [1.165, 1.54) is 4.31 Å². The van der Waals surface area contributed by atoms with Crippen molar-refractivity contribution in [2.75, 3.05) is 26.8 Å². The fourth-order valence-electron chi connectivity index (χ4n) is 4.26. The van der Waals surface area contributed by atoms with Gasteiger partial charge in [-0.05, 0) is 51.3 Å². The van der Waals surface area contributed by atoms with Crippen LogP contribution in [-0.4, -0.2) is 56.0 Å². The van der Waals surface area contributed by atoms with Crippen LogP contribution in [0.5, 0.6) is 5.75 Å². The van der Waals surface area contributed by atoms with Gasteiger partial charge in [-0.3, -0.25) is 4.79 Å². The van der Waals surface area contributed by atoms with Crippen molar-refractivity contribution in [3.8, 4) is 5.75 Å². The first-order valence-electron chi connectivity index (χ1n) is 11.4. The molecule has 1 aliphatic rings. The summed E-state index contributed by atoms with van der Waals surface area (Å²) in [7, 11) is -0.701. The maximum atomic E-state index is 13.7. The summed E-state index contributed by atoms with van der Waals surface area (Å²) < 4.78 is 40.6. The van der Waals surface area contributed by atoms with E-state index in [1.54, 1.807) is 39.5 Å². The van der Waals surface area contributed by atoms with Gasteiger partial charge in [-0.25, -0.2) is 13.2 Å². The monoisotopic (exact) mass is 491 g/mol. The van der Waals surface area contributed by atoms with Crippen LogP contribution in [0, 0.1) is 19.8 Å². The molecular weight excluding hydrogens is 458 g/mol. The third-order valence-electron chi connectivity index (χ3n) is 6.38. The topological polar surface area (TPSA) is 107 Å². The van der Waals surface area contributed by atoms with Crippen molar-refractivity contribution >= 4 is 21.9 Å². The van der Waals surface area contributed by atoms with Crippen LogP contribution < -0.4 is 10.1 Å². The van der Waals surface area contributed by atoms with Crippen molar-refractivity contribution in [1.29, 1.82) is 0 Å². The van der Waals surface area contributed by atoms with E-state index >= 15 is 0 Å². The van der Waals surface area contributed by atoms with Crippen LogP contribution in [0.15, 0.2) is 29.2 Å². The number of methoxy groups -OCH3 is 1. The maximum absolute atomic E-state index is 13.7. The van der Waals surface area contributed by atoms with Crippen LogP contribution in [0.1, 0.15) is 47.1 Å². The lowest BCUT2D eigenvalue weighted by atomic mass is 9.99. The van der Waals surface area contributed by atoms with Gasteiger partial charge in [-0.15, -0.1) is 0 Å². The third kappa shape index (κ3) is 5.12. The molecule has 9 nitrogen and oxygen atoms in total. The predicted molar refractivity (Wildman–Crippen MR) is 127 cm³/mol. The molecule has 0 radical (unpaired) electrons. The Bertz CT molecular complexity index is 1150. The molecule has 0 aliphatic carbocycles. The minimum atomic E-state index is -4.01. The van der Waals surface area contributed by atoms with Gasteiger partial charge in [0.05, 0.1) is 19.6 Å². The van der Waals surface area contributed by atoms with Gasteiger partial charge in [0.15, 0.2) is 0 Å². The average molecular weight is 492 g/mol. The van der Waals surface area contributed by atoms with E-state index in [0.717, 1.165) is 11.3 Å². The number of rotatable bonds is 8. The number of sulfonamides is 1. The van der Waals surface area contributed by atoms with Crippen LogP contribution in [0.25, 0.3) is 0 Å². The van der Waals surface area contributed by atoms with Gasteiger partial charge in [0.2, 0.25) is 15.9 Å². The Balaban J connectivity index is 1.78. The number of piperidine rings is 1. The zero-order valence-electron chi connectivity index (χ0n) is 20.4. The van der Waals surface area contributed by atoms with Crippen LogP contribution in [-0.2, 0) is 33.1 Å². The Hall–Kier alpha value is -2.85. The molecule has 1 saturated heterocycles. The number of hydrogen-bond donors (Lipinski definition) is 1. The van der Waals surface area contributed by atoms with Gasteiger partial charge in [0, 0.05) is 38.1 Å². The molecule has 2 heterocycles. The fraction of sp³-hybridized carbons (Fsp3) is 0.500.